The van der Waals surface area contributed by atoms with Gasteiger partial charge in [0, 0.05) is 17.5 Å². The average Bonchev–Trinajstić information content (AvgIpc) is 2.50. The molecule has 22 heavy (non-hydrogen) atoms. The maximum atomic E-state index is 13.8. The Balaban J connectivity index is 2.07. The zero-order valence-electron chi connectivity index (χ0n) is 12.6. The molecule has 1 aromatic heterocycles. The molecule has 0 aliphatic rings. The van der Waals surface area contributed by atoms with Gasteiger partial charge in [-0.3, -0.25) is 9.78 Å². The number of amides is 1. The van der Waals surface area contributed by atoms with Crippen LogP contribution in [0.2, 0.25) is 0 Å². The highest BCUT2D eigenvalue weighted by atomic mass is 19.1. The van der Waals surface area contributed by atoms with Crippen LogP contribution in [0, 0.1) is 18.6 Å². The van der Waals surface area contributed by atoms with Gasteiger partial charge in [-0.25, -0.2) is 8.78 Å². The van der Waals surface area contributed by atoms with Crippen molar-refractivity contribution in [3.63, 3.8) is 0 Å². The number of rotatable bonds is 5. The molecule has 0 bridgehead atoms. The summed E-state index contributed by atoms with van der Waals surface area (Å²) < 4.78 is 27.1. The Hall–Kier alpha value is -2.30. The van der Waals surface area contributed by atoms with Gasteiger partial charge in [-0.15, -0.1) is 0 Å². The second-order valence-corrected chi connectivity index (χ2v) is 5.18. The van der Waals surface area contributed by atoms with E-state index in [1.165, 1.54) is 0 Å². The Kier molecular flexibility index (Phi) is 5.20. The van der Waals surface area contributed by atoms with E-state index < -0.39 is 17.7 Å². The quantitative estimate of drug-likeness (QED) is 0.919. The topological polar surface area (TPSA) is 42.0 Å². The largest absolute Gasteiger partial charge is 0.349 e. The average molecular weight is 304 g/mol. The molecule has 0 spiro atoms. The van der Waals surface area contributed by atoms with Crippen LogP contribution in [0.25, 0.3) is 0 Å². The van der Waals surface area contributed by atoms with E-state index in [9.17, 15) is 13.6 Å². The molecule has 0 aliphatic carbocycles. The minimum absolute atomic E-state index is 0.153. The van der Waals surface area contributed by atoms with E-state index in [4.69, 9.17) is 0 Å². The van der Waals surface area contributed by atoms with Gasteiger partial charge in [0.1, 0.15) is 11.6 Å². The second kappa shape index (κ2) is 7.11. The molecule has 0 aliphatic heterocycles. The van der Waals surface area contributed by atoms with Crippen LogP contribution >= 0.6 is 0 Å². The van der Waals surface area contributed by atoms with Crippen molar-refractivity contribution in [1.82, 2.24) is 10.3 Å². The van der Waals surface area contributed by atoms with Gasteiger partial charge in [-0.1, -0.05) is 13.0 Å². The summed E-state index contributed by atoms with van der Waals surface area (Å²) in [5, 5.41) is 2.74. The highest BCUT2D eigenvalue weighted by Crippen LogP contribution is 2.21. The number of nitrogens with one attached hydrogen (secondary N) is 1. The van der Waals surface area contributed by atoms with E-state index in [0.717, 1.165) is 29.5 Å². The van der Waals surface area contributed by atoms with Gasteiger partial charge < -0.3 is 5.32 Å². The third-order valence-corrected chi connectivity index (χ3v) is 3.41. The van der Waals surface area contributed by atoms with E-state index in [1.54, 1.807) is 6.20 Å². The maximum Gasteiger partial charge on any atom is 0.224 e. The number of halogens is 2. The van der Waals surface area contributed by atoms with Crippen LogP contribution in [0.1, 0.15) is 36.2 Å². The number of carbonyl (C=O) groups excluding carboxylic acids is 1. The van der Waals surface area contributed by atoms with Crippen LogP contribution in [0.15, 0.2) is 36.5 Å². The number of carbonyl (C=O) groups is 1. The van der Waals surface area contributed by atoms with Crippen molar-refractivity contribution in [2.45, 2.75) is 32.7 Å². The molecular weight excluding hydrogens is 286 g/mol. The lowest BCUT2D eigenvalue weighted by Crippen LogP contribution is -2.30. The van der Waals surface area contributed by atoms with Gasteiger partial charge in [0.25, 0.3) is 0 Å². The number of aryl methyl sites for hydroxylation is 1. The first-order chi connectivity index (χ1) is 10.5. The van der Waals surface area contributed by atoms with Crippen molar-refractivity contribution in [1.29, 1.82) is 0 Å². The summed E-state index contributed by atoms with van der Waals surface area (Å²) in [6.45, 7) is 3.67. The van der Waals surface area contributed by atoms with Crippen LogP contribution in [0.4, 0.5) is 8.78 Å². The minimum Gasteiger partial charge on any atom is -0.349 e. The van der Waals surface area contributed by atoms with Crippen LogP contribution in [-0.4, -0.2) is 10.9 Å². The smallest absolute Gasteiger partial charge is 0.224 e. The summed E-state index contributed by atoms with van der Waals surface area (Å²) in [7, 11) is 0. The van der Waals surface area contributed by atoms with Crippen molar-refractivity contribution >= 4 is 5.91 Å². The molecule has 1 unspecified atom stereocenters. The summed E-state index contributed by atoms with van der Waals surface area (Å²) in [6, 6.07) is 6.35. The third kappa shape index (κ3) is 4.10. The molecule has 3 nitrogen and oxygen atoms in total. The minimum atomic E-state index is -0.554. The number of nitrogens with zero attached hydrogens (tertiary/aromatic N) is 1. The van der Waals surface area contributed by atoms with Crippen molar-refractivity contribution in [3.8, 4) is 0 Å². The van der Waals surface area contributed by atoms with Crippen LogP contribution in [0.5, 0.6) is 0 Å². The molecule has 116 valence electrons. The molecule has 0 saturated heterocycles. The normalized spacial score (nSPS) is 12.0. The molecule has 0 radical (unpaired) electrons. The number of aromatic nitrogens is 1. The van der Waals surface area contributed by atoms with E-state index in [0.29, 0.717) is 6.42 Å². The SMILES string of the molecule is CCC(NC(=O)Cc1ccc(C)nc1)c1cc(F)ccc1F. The highest BCUT2D eigenvalue weighted by molar-refractivity contribution is 5.78. The van der Waals surface area contributed by atoms with Crippen LogP contribution in [0.3, 0.4) is 0 Å². The number of hydrogen-bond acceptors (Lipinski definition) is 2. The Morgan fingerprint density at radius 3 is 2.68 bits per heavy atom. The fourth-order valence-corrected chi connectivity index (χ4v) is 2.22. The Morgan fingerprint density at radius 1 is 1.27 bits per heavy atom. The lowest BCUT2D eigenvalue weighted by Gasteiger charge is -2.18. The summed E-state index contributed by atoms with van der Waals surface area (Å²) in [5.41, 5.74) is 1.81. The fourth-order valence-electron chi connectivity index (χ4n) is 2.22. The van der Waals surface area contributed by atoms with Crippen LogP contribution < -0.4 is 5.32 Å². The third-order valence-electron chi connectivity index (χ3n) is 3.41. The molecule has 1 N–H and O–H groups in total. The predicted octanol–water partition coefficient (Wildman–Crippen LogP) is 3.48. The van der Waals surface area contributed by atoms with Gasteiger partial charge in [0.2, 0.25) is 5.91 Å². The fraction of sp³-hybridized carbons (Fsp3) is 0.294. The number of pyridine rings is 1. The Morgan fingerprint density at radius 2 is 2.05 bits per heavy atom. The lowest BCUT2D eigenvalue weighted by atomic mass is 10.0. The molecule has 1 heterocycles. The van der Waals surface area contributed by atoms with Gasteiger partial charge in [-0.2, -0.15) is 0 Å². The van der Waals surface area contributed by atoms with E-state index in [-0.39, 0.29) is 17.9 Å². The van der Waals surface area contributed by atoms with Crippen molar-refractivity contribution in [2.24, 2.45) is 0 Å². The van der Waals surface area contributed by atoms with Crippen molar-refractivity contribution in [3.05, 3.63) is 65.0 Å². The molecule has 1 aromatic carbocycles. The molecule has 1 amide bonds. The standard InChI is InChI=1S/C17H18F2N2O/c1-3-16(14-9-13(18)6-7-15(14)19)21-17(22)8-12-5-4-11(2)20-10-12/h4-7,9-10,16H,3,8H2,1-2H3,(H,21,22). The summed E-state index contributed by atoms with van der Waals surface area (Å²) in [6.07, 6.45) is 2.26. The van der Waals surface area contributed by atoms with E-state index in [2.05, 4.69) is 10.3 Å². The summed E-state index contributed by atoms with van der Waals surface area (Å²) in [5.74, 6) is -1.29. The first-order valence-electron chi connectivity index (χ1n) is 7.15. The summed E-state index contributed by atoms with van der Waals surface area (Å²) >= 11 is 0. The first kappa shape index (κ1) is 16.1. The van der Waals surface area contributed by atoms with E-state index in [1.807, 2.05) is 26.0 Å². The van der Waals surface area contributed by atoms with Gasteiger partial charge in [-0.05, 0) is 43.2 Å². The zero-order chi connectivity index (χ0) is 16.1. The molecule has 0 saturated carbocycles. The van der Waals surface area contributed by atoms with Crippen LogP contribution in [-0.2, 0) is 11.2 Å². The second-order valence-electron chi connectivity index (χ2n) is 5.18. The molecule has 2 rings (SSSR count). The highest BCUT2D eigenvalue weighted by Gasteiger charge is 2.17. The monoisotopic (exact) mass is 304 g/mol. The maximum absolute atomic E-state index is 13.8. The molecule has 0 fully saturated rings. The lowest BCUT2D eigenvalue weighted by molar-refractivity contribution is -0.121. The van der Waals surface area contributed by atoms with Crippen molar-refractivity contribution < 1.29 is 13.6 Å². The molecule has 1 atom stereocenters. The van der Waals surface area contributed by atoms with E-state index >= 15 is 0 Å². The molecular formula is C17H18F2N2O. The van der Waals surface area contributed by atoms with Crippen molar-refractivity contribution in [2.75, 3.05) is 0 Å². The Bertz CT molecular complexity index is 656. The Labute approximate surface area is 128 Å². The molecule has 5 heteroatoms. The van der Waals surface area contributed by atoms with Gasteiger partial charge in [0.15, 0.2) is 0 Å². The van der Waals surface area contributed by atoms with Gasteiger partial charge >= 0.3 is 0 Å². The molecule has 2 aromatic rings. The number of hydrogen-bond donors (Lipinski definition) is 1. The zero-order valence-corrected chi connectivity index (χ0v) is 12.6. The predicted molar refractivity (Wildman–Crippen MR) is 80.2 cm³/mol. The summed E-state index contributed by atoms with van der Waals surface area (Å²) in [4.78, 5) is 16.2. The first-order valence-corrected chi connectivity index (χ1v) is 7.15. The number of benzene rings is 1. The van der Waals surface area contributed by atoms with Gasteiger partial charge in [0.05, 0.1) is 12.5 Å².